The van der Waals surface area contributed by atoms with Crippen molar-refractivity contribution in [3.05, 3.63) is 0 Å². The van der Waals surface area contributed by atoms with Crippen LogP contribution in [-0.2, 0) is 10.2 Å². The van der Waals surface area contributed by atoms with Crippen LogP contribution in [0.3, 0.4) is 0 Å². The molecule has 0 aromatic carbocycles. The van der Waals surface area contributed by atoms with Gasteiger partial charge in [-0.2, -0.15) is 17.4 Å². The highest BCUT2D eigenvalue weighted by molar-refractivity contribution is 7.87. The van der Waals surface area contributed by atoms with Crippen LogP contribution in [0, 0.1) is 11.8 Å². The lowest BCUT2D eigenvalue weighted by Crippen LogP contribution is -2.51. The fraction of sp³-hybridized carbons (Fsp3) is 1.00. The predicted octanol–water partition coefficient (Wildman–Crippen LogP) is 0.146. The van der Waals surface area contributed by atoms with Crippen molar-refractivity contribution >= 4 is 10.2 Å². The summed E-state index contributed by atoms with van der Waals surface area (Å²) in [6, 6.07) is -0.211. The normalized spacial score (nSPS) is 30.2. The largest absolute Gasteiger partial charge is 0.329 e. The lowest BCUT2D eigenvalue weighted by molar-refractivity contribution is 0.220. The van der Waals surface area contributed by atoms with Crippen LogP contribution < -0.4 is 10.5 Å². The average Bonchev–Trinajstić information content (AvgIpc) is 2.15. The van der Waals surface area contributed by atoms with Crippen LogP contribution in [0.2, 0.25) is 0 Å². The smallest absolute Gasteiger partial charge is 0.279 e. The van der Waals surface area contributed by atoms with Gasteiger partial charge < -0.3 is 5.73 Å². The highest BCUT2D eigenvalue weighted by Gasteiger charge is 2.30. The standard InChI is InChI=1S/C10H23N3O2S/c1-8-4-9(2)7-13(6-8)16(14,15)12-10(3)5-11/h8-10,12H,4-7,11H2,1-3H3. The van der Waals surface area contributed by atoms with E-state index in [4.69, 9.17) is 5.73 Å². The van der Waals surface area contributed by atoms with E-state index in [0.717, 1.165) is 6.42 Å². The molecule has 1 saturated heterocycles. The summed E-state index contributed by atoms with van der Waals surface area (Å²) in [6.45, 7) is 7.48. The van der Waals surface area contributed by atoms with Crippen molar-refractivity contribution < 1.29 is 8.42 Å². The van der Waals surface area contributed by atoms with E-state index in [1.165, 1.54) is 4.31 Å². The van der Waals surface area contributed by atoms with Crippen LogP contribution >= 0.6 is 0 Å². The molecule has 1 heterocycles. The molecule has 3 N–H and O–H groups in total. The van der Waals surface area contributed by atoms with Gasteiger partial charge in [-0.3, -0.25) is 0 Å². The van der Waals surface area contributed by atoms with Crippen molar-refractivity contribution in [3.63, 3.8) is 0 Å². The van der Waals surface area contributed by atoms with Gasteiger partial charge in [-0.15, -0.1) is 0 Å². The summed E-state index contributed by atoms with van der Waals surface area (Å²) < 4.78 is 28.1. The van der Waals surface area contributed by atoms with E-state index in [2.05, 4.69) is 18.6 Å². The van der Waals surface area contributed by atoms with E-state index in [9.17, 15) is 8.42 Å². The van der Waals surface area contributed by atoms with E-state index in [0.29, 0.717) is 31.5 Å². The first kappa shape index (κ1) is 13.9. The van der Waals surface area contributed by atoms with Gasteiger partial charge in [-0.05, 0) is 25.2 Å². The first-order chi connectivity index (χ1) is 7.35. The maximum atomic E-state index is 12.0. The molecule has 6 heteroatoms. The second-order valence-corrected chi connectivity index (χ2v) is 6.72. The summed E-state index contributed by atoms with van der Waals surface area (Å²) in [4.78, 5) is 0. The Kier molecular flexibility index (Phi) is 4.73. The molecule has 3 atom stereocenters. The van der Waals surface area contributed by atoms with Crippen molar-refractivity contribution in [2.24, 2.45) is 17.6 Å². The first-order valence-corrected chi connectivity index (χ1v) is 7.26. The summed E-state index contributed by atoms with van der Waals surface area (Å²) in [6.07, 6.45) is 1.10. The molecule has 16 heavy (non-hydrogen) atoms. The predicted molar refractivity (Wildman–Crippen MR) is 65.1 cm³/mol. The van der Waals surface area contributed by atoms with Crippen molar-refractivity contribution in [3.8, 4) is 0 Å². The molecule has 1 fully saturated rings. The monoisotopic (exact) mass is 249 g/mol. The SMILES string of the molecule is CC1CC(C)CN(S(=O)(=O)NC(C)CN)C1. The first-order valence-electron chi connectivity index (χ1n) is 5.82. The van der Waals surface area contributed by atoms with Crippen LogP contribution in [0.5, 0.6) is 0 Å². The third-order valence-electron chi connectivity index (χ3n) is 2.88. The summed E-state index contributed by atoms with van der Waals surface area (Å²) in [5, 5.41) is 0. The minimum atomic E-state index is -3.36. The maximum absolute atomic E-state index is 12.0. The molecule has 0 spiro atoms. The lowest BCUT2D eigenvalue weighted by atomic mass is 9.94. The Morgan fingerprint density at radius 1 is 1.38 bits per heavy atom. The van der Waals surface area contributed by atoms with E-state index in [1.807, 2.05) is 0 Å². The molecule has 1 aliphatic rings. The Morgan fingerprint density at radius 3 is 2.31 bits per heavy atom. The highest BCUT2D eigenvalue weighted by Crippen LogP contribution is 2.22. The van der Waals surface area contributed by atoms with Crippen molar-refractivity contribution in [2.75, 3.05) is 19.6 Å². The Bertz CT molecular complexity index is 308. The molecule has 96 valence electrons. The Hall–Kier alpha value is -0.170. The topological polar surface area (TPSA) is 75.4 Å². The number of nitrogens with zero attached hydrogens (tertiary/aromatic N) is 1. The van der Waals surface area contributed by atoms with Crippen LogP contribution in [0.1, 0.15) is 27.2 Å². The second kappa shape index (κ2) is 5.44. The summed E-state index contributed by atoms with van der Waals surface area (Å²) in [5.74, 6) is 0.849. The molecule has 1 aliphatic heterocycles. The van der Waals surface area contributed by atoms with Gasteiger partial charge in [0.15, 0.2) is 0 Å². The molecular weight excluding hydrogens is 226 g/mol. The van der Waals surface area contributed by atoms with Gasteiger partial charge in [0, 0.05) is 25.7 Å². The van der Waals surface area contributed by atoms with Crippen molar-refractivity contribution in [2.45, 2.75) is 33.2 Å². The summed E-state index contributed by atoms with van der Waals surface area (Å²) in [5.41, 5.74) is 5.42. The number of hydrogen-bond acceptors (Lipinski definition) is 3. The van der Waals surface area contributed by atoms with E-state index in [1.54, 1.807) is 6.92 Å². The quantitative estimate of drug-likeness (QED) is 0.744. The number of rotatable bonds is 4. The van der Waals surface area contributed by atoms with Gasteiger partial charge in [0.1, 0.15) is 0 Å². The fourth-order valence-corrected chi connectivity index (χ4v) is 3.83. The van der Waals surface area contributed by atoms with Gasteiger partial charge in [0.05, 0.1) is 0 Å². The molecule has 0 aliphatic carbocycles. The summed E-state index contributed by atoms with van der Waals surface area (Å²) in [7, 11) is -3.36. The highest BCUT2D eigenvalue weighted by atomic mass is 32.2. The van der Waals surface area contributed by atoms with Gasteiger partial charge in [-0.1, -0.05) is 13.8 Å². The van der Waals surface area contributed by atoms with E-state index >= 15 is 0 Å². The Balaban J connectivity index is 2.67. The summed E-state index contributed by atoms with van der Waals surface area (Å²) >= 11 is 0. The second-order valence-electron chi connectivity index (χ2n) is 5.02. The van der Waals surface area contributed by atoms with Crippen LogP contribution in [0.15, 0.2) is 0 Å². The molecule has 3 unspecified atom stereocenters. The lowest BCUT2D eigenvalue weighted by Gasteiger charge is -2.34. The van der Waals surface area contributed by atoms with Gasteiger partial charge >= 0.3 is 0 Å². The fourth-order valence-electron chi connectivity index (χ4n) is 2.18. The number of nitrogens with two attached hydrogens (primary N) is 1. The third-order valence-corrected chi connectivity index (χ3v) is 4.56. The zero-order valence-electron chi connectivity index (χ0n) is 10.3. The van der Waals surface area contributed by atoms with Gasteiger partial charge in [0.2, 0.25) is 0 Å². The number of piperidine rings is 1. The molecule has 0 saturated carbocycles. The zero-order chi connectivity index (χ0) is 12.3. The molecule has 1 rings (SSSR count). The number of hydrogen-bond donors (Lipinski definition) is 2. The molecular formula is C10H23N3O2S. The third kappa shape index (κ3) is 3.69. The van der Waals surface area contributed by atoms with Crippen LogP contribution in [0.25, 0.3) is 0 Å². The van der Waals surface area contributed by atoms with Gasteiger partial charge in [0.25, 0.3) is 10.2 Å². The minimum absolute atomic E-state index is 0.211. The maximum Gasteiger partial charge on any atom is 0.279 e. The minimum Gasteiger partial charge on any atom is -0.329 e. The molecule has 0 radical (unpaired) electrons. The Labute approximate surface area is 98.6 Å². The number of nitrogens with one attached hydrogen (secondary N) is 1. The molecule has 5 nitrogen and oxygen atoms in total. The molecule has 0 bridgehead atoms. The zero-order valence-corrected chi connectivity index (χ0v) is 11.1. The van der Waals surface area contributed by atoms with Gasteiger partial charge in [-0.25, -0.2) is 0 Å². The van der Waals surface area contributed by atoms with Crippen LogP contribution in [0.4, 0.5) is 0 Å². The van der Waals surface area contributed by atoms with E-state index < -0.39 is 10.2 Å². The molecule has 0 aromatic heterocycles. The Morgan fingerprint density at radius 2 is 1.88 bits per heavy atom. The molecule has 0 amide bonds. The average molecular weight is 249 g/mol. The van der Waals surface area contributed by atoms with Crippen LogP contribution in [-0.4, -0.2) is 38.4 Å². The molecule has 0 aromatic rings. The van der Waals surface area contributed by atoms with E-state index in [-0.39, 0.29) is 6.04 Å². The van der Waals surface area contributed by atoms with Crippen molar-refractivity contribution in [1.29, 1.82) is 0 Å². The van der Waals surface area contributed by atoms with Crippen molar-refractivity contribution in [1.82, 2.24) is 9.03 Å².